The molecule has 2 aromatic rings. The first-order chi connectivity index (χ1) is 16.0. The van der Waals surface area contributed by atoms with E-state index in [1.807, 2.05) is 48.7 Å². The van der Waals surface area contributed by atoms with Crippen molar-refractivity contribution < 1.29 is 19.1 Å². The van der Waals surface area contributed by atoms with E-state index < -0.39 is 24.0 Å². The summed E-state index contributed by atoms with van der Waals surface area (Å²) in [6, 6.07) is 9.61. The number of anilines is 1. The Morgan fingerprint density at radius 1 is 1.15 bits per heavy atom. The molecule has 9 heteroatoms. The first kappa shape index (κ1) is 23.3. The summed E-state index contributed by atoms with van der Waals surface area (Å²) in [5.41, 5.74) is 1.73. The van der Waals surface area contributed by atoms with Gasteiger partial charge in [-0.3, -0.25) is 9.59 Å². The lowest BCUT2D eigenvalue weighted by Crippen LogP contribution is -2.54. The van der Waals surface area contributed by atoms with Crippen LogP contribution in [0.3, 0.4) is 0 Å². The van der Waals surface area contributed by atoms with Crippen LogP contribution in [-0.4, -0.2) is 66.5 Å². The van der Waals surface area contributed by atoms with Crippen LogP contribution in [0.2, 0.25) is 0 Å². The number of ether oxygens (including phenoxy) is 1. The molecule has 2 saturated heterocycles. The number of nitrogens with zero attached hydrogens (tertiary/aromatic N) is 2. The number of amides is 3. The molecule has 0 spiro atoms. The lowest BCUT2D eigenvalue weighted by Gasteiger charge is -2.35. The molecule has 0 radical (unpaired) electrons. The number of hydrogen-bond donors (Lipinski definition) is 2. The highest BCUT2D eigenvalue weighted by molar-refractivity contribution is 7.10. The van der Waals surface area contributed by atoms with Crippen molar-refractivity contribution >= 4 is 34.9 Å². The first-order valence-electron chi connectivity index (χ1n) is 11.3. The molecule has 0 aliphatic carbocycles. The van der Waals surface area contributed by atoms with Gasteiger partial charge in [-0.25, -0.2) is 4.79 Å². The maximum Gasteiger partial charge on any atom is 0.323 e. The maximum absolute atomic E-state index is 13.6. The quantitative estimate of drug-likeness (QED) is 0.656. The van der Waals surface area contributed by atoms with Gasteiger partial charge in [-0.1, -0.05) is 23.8 Å². The average molecular weight is 471 g/mol. The van der Waals surface area contributed by atoms with Gasteiger partial charge in [0, 0.05) is 36.7 Å². The van der Waals surface area contributed by atoms with Crippen LogP contribution in [0, 0.1) is 12.8 Å². The highest BCUT2D eigenvalue weighted by Gasteiger charge is 2.52. The van der Waals surface area contributed by atoms with Gasteiger partial charge in [0.25, 0.3) is 0 Å². The number of benzene rings is 1. The lowest BCUT2D eigenvalue weighted by atomic mass is 9.97. The summed E-state index contributed by atoms with van der Waals surface area (Å²) in [5.74, 6) is -1.10. The zero-order valence-electron chi connectivity index (χ0n) is 19.0. The molecule has 3 heterocycles. The Balaban J connectivity index is 1.69. The molecule has 33 heavy (non-hydrogen) atoms. The second-order valence-corrected chi connectivity index (χ2v) is 9.33. The summed E-state index contributed by atoms with van der Waals surface area (Å²) < 4.78 is 5.36. The van der Waals surface area contributed by atoms with Gasteiger partial charge < -0.3 is 25.2 Å². The van der Waals surface area contributed by atoms with Crippen molar-refractivity contribution in [2.45, 2.75) is 32.4 Å². The Labute approximate surface area is 197 Å². The molecule has 3 atom stereocenters. The third-order valence-electron chi connectivity index (χ3n) is 6.17. The average Bonchev–Trinajstić information content (AvgIpc) is 3.49. The van der Waals surface area contributed by atoms with Gasteiger partial charge in [0.05, 0.1) is 18.6 Å². The largest absolute Gasteiger partial charge is 0.466 e. The fourth-order valence-corrected chi connectivity index (χ4v) is 5.44. The highest BCUT2D eigenvalue weighted by Crippen LogP contribution is 2.44. The van der Waals surface area contributed by atoms with Crippen molar-refractivity contribution in [2.75, 3.05) is 38.1 Å². The van der Waals surface area contributed by atoms with Crippen LogP contribution >= 0.6 is 11.3 Å². The number of likely N-dealkylation sites (tertiary alicyclic amines) is 1. The molecule has 3 amide bonds. The van der Waals surface area contributed by atoms with Crippen LogP contribution in [0.5, 0.6) is 0 Å². The van der Waals surface area contributed by atoms with Gasteiger partial charge in [0.1, 0.15) is 6.04 Å². The number of nitrogens with one attached hydrogen (secondary N) is 2. The zero-order chi connectivity index (χ0) is 23.4. The van der Waals surface area contributed by atoms with E-state index in [2.05, 4.69) is 10.6 Å². The molecule has 8 nitrogen and oxygen atoms in total. The predicted octanol–water partition coefficient (Wildman–Crippen LogP) is 3.02. The van der Waals surface area contributed by atoms with Gasteiger partial charge in [-0.05, 0) is 43.8 Å². The van der Waals surface area contributed by atoms with Crippen molar-refractivity contribution in [1.82, 2.24) is 15.1 Å². The van der Waals surface area contributed by atoms with Crippen LogP contribution in [0.15, 0.2) is 41.8 Å². The Kier molecular flexibility index (Phi) is 7.29. The summed E-state index contributed by atoms with van der Waals surface area (Å²) in [4.78, 5) is 44.4. The smallest absolute Gasteiger partial charge is 0.323 e. The second-order valence-electron chi connectivity index (χ2n) is 8.35. The topological polar surface area (TPSA) is 91.0 Å². The number of thiophene rings is 1. The monoisotopic (exact) mass is 470 g/mol. The molecule has 4 rings (SSSR count). The Bertz CT molecular complexity index is 973. The molecule has 0 bridgehead atoms. The molecule has 2 fully saturated rings. The van der Waals surface area contributed by atoms with E-state index in [-0.39, 0.29) is 24.9 Å². The molecule has 1 aromatic heterocycles. The lowest BCUT2D eigenvalue weighted by molar-refractivity contribution is -0.148. The van der Waals surface area contributed by atoms with Crippen molar-refractivity contribution in [3.05, 3.63) is 52.2 Å². The van der Waals surface area contributed by atoms with E-state index in [9.17, 15) is 14.4 Å². The van der Waals surface area contributed by atoms with E-state index in [1.54, 1.807) is 16.7 Å². The Hall–Kier alpha value is -2.91. The fourth-order valence-electron chi connectivity index (χ4n) is 4.55. The van der Waals surface area contributed by atoms with E-state index in [0.717, 1.165) is 10.4 Å². The Morgan fingerprint density at radius 2 is 1.88 bits per heavy atom. The summed E-state index contributed by atoms with van der Waals surface area (Å²) in [5, 5.41) is 8.10. The number of piperazine rings is 1. The molecular formula is C24H30N4O4S. The van der Waals surface area contributed by atoms with E-state index >= 15 is 0 Å². The molecule has 2 aliphatic heterocycles. The van der Waals surface area contributed by atoms with Gasteiger partial charge in [0.2, 0.25) is 5.91 Å². The predicted molar refractivity (Wildman–Crippen MR) is 127 cm³/mol. The van der Waals surface area contributed by atoms with Gasteiger partial charge in [0.15, 0.2) is 0 Å². The van der Waals surface area contributed by atoms with Crippen molar-refractivity contribution in [1.29, 1.82) is 0 Å². The summed E-state index contributed by atoms with van der Waals surface area (Å²) in [6.45, 7) is 6.57. The van der Waals surface area contributed by atoms with Gasteiger partial charge >= 0.3 is 12.0 Å². The van der Waals surface area contributed by atoms with Crippen molar-refractivity contribution in [3.8, 4) is 0 Å². The third kappa shape index (κ3) is 5.04. The fraction of sp³-hybridized carbons (Fsp3) is 0.458. The maximum atomic E-state index is 13.6. The van der Waals surface area contributed by atoms with Gasteiger partial charge in [-0.2, -0.15) is 0 Å². The van der Waals surface area contributed by atoms with E-state index in [0.29, 0.717) is 31.9 Å². The molecule has 176 valence electrons. The minimum absolute atomic E-state index is 0.121. The normalized spacial score (nSPS) is 22.8. The number of rotatable bonds is 5. The van der Waals surface area contributed by atoms with Gasteiger partial charge in [-0.15, -0.1) is 11.3 Å². The number of aryl methyl sites for hydroxylation is 1. The summed E-state index contributed by atoms with van der Waals surface area (Å²) in [7, 11) is 0. The summed E-state index contributed by atoms with van der Waals surface area (Å²) >= 11 is 1.47. The number of urea groups is 1. The molecule has 2 N–H and O–H groups in total. The van der Waals surface area contributed by atoms with Crippen LogP contribution < -0.4 is 10.6 Å². The highest BCUT2D eigenvalue weighted by atomic mass is 32.1. The van der Waals surface area contributed by atoms with E-state index in [1.165, 1.54) is 11.3 Å². The van der Waals surface area contributed by atoms with Crippen LogP contribution in [0.25, 0.3) is 0 Å². The SMILES string of the molecule is CCOC(=O)C1CC(C(=O)N2CCNCC2)N(C(=O)Nc2ccc(C)cc2)C1c1cccs1. The number of carbonyl (C=O) groups excluding carboxylic acids is 3. The minimum Gasteiger partial charge on any atom is -0.466 e. The minimum atomic E-state index is -0.741. The number of esters is 1. The molecular weight excluding hydrogens is 440 g/mol. The molecule has 0 saturated carbocycles. The van der Waals surface area contributed by atoms with Crippen LogP contribution in [0.1, 0.15) is 29.8 Å². The standard InChI is InChI=1S/C24H30N4O4S/c1-3-32-23(30)18-15-19(22(29)27-12-10-25-11-13-27)28(21(18)20-5-4-14-33-20)24(31)26-17-8-6-16(2)7-9-17/h4-9,14,18-19,21,25H,3,10-13,15H2,1-2H3,(H,26,31). The van der Waals surface area contributed by atoms with Crippen LogP contribution in [0.4, 0.5) is 10.5 Å². The first-order valence-corrected chi connectivity index (χ1v) is 12.2. The number of carbonyl (C=O) groups is 3. The van der Waals surface area contributed by atoms with E-state index in [4.69, 9.17) is 4.74 Å². The molecule has 1 aromatic carbocycles. The molecule has 2 aliphatic rings. The zero-order valence-corrected chi connectivity index (χ0v) is 19.8. The third-order valence-corrected chi connectivity index (χ3v) is 7.11. The van der Waals surface area contributed by atoms with Crippen molar-refractivity contribution in [3.63, 3.8) is 0 Å². The number of hydrogen-bond acceptors (Lipinski definition) is 6. The second kappa shape index (κ2) is 10.4. The van der Waals surface area contributed by atoms with Crippen LogP contribution in [-0.2, 0) is 14.3 Å². The van der Waals surface area contributed by atoms with Crippen molar-refractivity contribution in [2.24, 2.45) is 5.92 Å². The molecule has 3 unspecified atom stereocenters. The Morgan fingerprint density at radius 3 is 2.52 bits per heavy atom. The summed E-state index contributed by atoms with van der Waals surface area (Å²) in [6.07, 6.45) is 0.242.